The van der Waals surface area contributed by atoms with E-state index < -0.39 is 11.0 Å². The van der Waals surface area contributed by atoms with Gasteiger partial charge >= 0.3 is 5.82 Å². The molecular formula is C12H14N4O4. The van der Waals surface area contributed by atoms with Gasteiger partial charge in [-0.25, -0.2) is 0 Å². The molecule has 2 aromatic heterocycles. The molecule has 0 bridgehead atoms. The SMILES string of the molecule is O=[N+]([O-])c1c(N2C[C@@H](O)C[C@@H]2CO)nc2ccccn12. The monoisotopic (exact) mass is 278 g/mol. The molecule has 1 aliphatic heterocycles. The number of anilines is 1. The molecule has 0 spiro atoms. The highest BCUT2D eigenvalue weighted by molar-refractivity contribution is 5.64. The third-order valence-electron chi connectivity index (χ3n) is 3.54. The maximum Gasteiger partial charge on any atom is 0.372 e. The lowest BCUT2D eigenvalue weighted by molar-refractivity contribution is -0.389. The average molecular weight is 278 g/mol. The van der Waals surface area contributed by atoms with Crippen molar-refractivity contribution in [1.82, 2.24) is 9.38 Å². The number of β-amino-alcohol motifs (C(OH)–C–C–N with tert-alkyl or cyclic N) is 1. The first-order chi connectivity index (χ1) is 9.61. The van der Waals surface area contributed by atoms with Crippen LogP contribution in [0.1, 0.15) is 6.42 Å². The minimum Gasteiger partial charge on any atom is -0.394 e. The number of hydrogen-bond donors (Lipinski definition) is 2. The zero-order valence-electron chi connectivity index (χ0n) is 10.6. The Morgan fingerprint density at radius 1 is 1.50 bits per heavy atom. The normalized spacial score (nSPS) is 22.6. The predicted molar refractivity (Wildman–Crippen MR) is 70.7 cm³/mol. The molecular weight excluding hydrogens is 264 g/mol. The van der Waals surface area contributed by atoms with Crippen LogP contribution in [-0.4, -0.2) is 49.8 Å². The van der Waals surface area contributed by atoms with Crippen LogP contribution in [0.2, 0.25) is 0 Å². The quantitative estimate of drug-likeness (QED) is 0.613. The fourth-order valence-electron chi connectivity index (χ4n) is 2.66. The van der Waals surface area contributed by atoms with Crippen molar-refractivity contribution in [2.75, 3.05) is 18.1 Å². The van der Waals surface area contributed by atoms with Crippen molar-refractivity contribution in [1.29, 1.82) is 0 Å². The number of nitro groups is 1. The second-order valence-electron chi connectivity index (χ2n) is 4.82. The first-order valence-corrected chi connectivity index (χ1v) is 6.29. The topological polar surface area (TPSA) is 104 Å². The highest BCUT2D eigenvalue weighted by atomic mass is 16.6. The van der Waals surface area contributed by atoms with Gasteiger partial charge in [-0.15, -0.1) is 0 Å². The van der Waals surface area contributed by atoms with E-state index in [0.717, 1.165) is 0 Å². The molecule has 0 aliphatic carbocycles. The molecule has 8 heteroatoms. The van der Waals surface area contributed by atoms with Gasteiger partial charge in [-0.3, -0.25) is 0 Å². The Labute approximate surface area is 114 Å². The van der Waals surface area contributed by atoms with Crippen molar-refractivity contribution in [3.8, 4) is 0 Å². The summed E-state index contributed by atoms with van der Waals surface area (Å²) in [6, 6.07) is 4.76. The predicted octanol–water partition coefficient (Wildman–Crippen LogP) is 0.174. The second-order valence-corrected chi connectivity index (χ2v) is 4.82. The molecule has 3 rings (SSSR count). The number of aliphatic hydroxyl groups excluding tert-OH is 2. The summed E-state index contributed by atoms with van der Waals surface area (Å²) < 4.78 is 1.40. The van der Waals surface area contributed by atoms with Crippen molar-refractivity contribution in [3.05, 3.63) is 34.5 Å². The zero-order valence-corrected chi connectivity index (χ0v) is 10.6. The van der Waals surface area contributed by atoms with Crippen molar-refractivity contribution < 1.29 is 15.1 Å². The van der Waals surface area contributed by atoms with E-state index in [2.05, 4.69) is 4.98 Å². The van der Waals surface area contributed by atoms with E-state index in [9.17, 15) is 20.3 Å². The Bertz CT molecular complexity index is 656. The van der Waals surface area contributed by atoms with E-state index in [4.69, 9.17) is 0 Å². The summed E-state index contributed by atoms with van der Waals surface area (Å²) in [5.74, 6) is 0.0463. The van der Waals surface area contributed by atoms with Crippen LogP contribution in [0, 0.1) is 10.1 Å². The molecule has 0 saturated carbocycles. The lowest BCUT2D eigenvalue weighted by Crippen LogP contribution is -2.33. The van der Waals surface area contributed by atoms with Crippen LogP contribution in [0.3, 0.4) is 0 Å². The van der Waals surface area contributed by atoms with Gasteiger partial charge in [-0.1, -0.05) is 6.07 Å². The molecule has 1 aliphatic rings. The molecule has 2 N–H and O–H groups in total. The largest absolute Gasteiger partial charge is 0.394 e. The van der Waals surface area contributed by atoms with Gasteiger partial charge in [0.2, 0.25) is 11.5 Å². The number of fused-ring (bicyclic) bond motifs is 1. The molecule has 0 radical (unpaired) electrons. The number of hydrogen-bond acceptors (Lipinski definition) is 6. The third kappa shape index (κ3) is 1.89. The van der Waals surface area contributed by atoms with E-state index in [1.165, 1.54) is 4.40 Å². The Morgan fingerprint density at radius 2 is 2.30 bits per heavy atom. The highest BCUT2D eigenvalue weighted by Gasteiger charge is 2.37. The molecule has 106 valence electrons. The Morgan fingerprint density at radius 3 is 3.00 bits per heavy atom. The summed E-state index contributed by atoms with van der Waals surface area (Å²) in [6.07, 6.45) is 1.34. The van der Waals surface area contributed by atoms with E-state index in [-0.39, 0.29) is 30.8 Å². The van der Waals surface area contributed by atoms with E-state index in [1.54, 1.807) is 29.3 Å². The van der Waals surface area contributed by atoms with Gasteiger partial charge in [0.1, 0.15) is 0 Å². The second kappa shape index (κ2) is 4.73. The number of nitrogens with zero attached hydrogens (tertiary/aromatic N) is 4. The summed E-state index contributed by atoms with van der Waals surface area (Å²) in [4.78, 5) is 16.7. The van der Waals surface area contributed by atoms with E-state index >= 15 is 0 Å². The van der Waals surface area contributed by atoms with Crippen molar-refractivity contribution in [2.24, 2.45) is 0 Å². The minimum absolute atomic E-state index is 0.145. The Kier molecular flexibility index (Phi) is 3.03. The number of aromatic nitrogens is 2. The highest BCUT2D eigenvalue weighted by Crippen LogP contribution is 2.33. The summed E-state index contributed by atoms with van der Waals surface area (Å²) >= 11 is 0. The van der Waals surface area contributed by atoms with Crippen LogP contribution in [0.25, 0.3) is 5.65 Å². The molecule has 3 heterocycles. The molecule has 0 amide bonds. The Hall–Kier alpha value is -2.19. The van der Waals surface area contributed by atoms with Crippen molar-refractivity contribution in [3.63, 3.8) is 0 Å². The summed E-state index contributed by atoms with van der Waals surface area (Å²) in [5.41, 5.74) is 0.465. The Balaban J connectivity index is 2.15. The van der Waals surface area contributed by atoms with Gasteiger partial charge in [0.25, 0.3) is 0 Å². The molecule has 1 fully saturated rings. The van der Waals surface area contributed by atoms with Crippen LogP contribution in [0.15, 0.2) is 24.4 Å². The maximum atomic E-state index is 11.3. The first kappa shape index (κ1) is 12.8. The summed E-state index contributed by atoms with van der Waals surface area (Å²) in [6.45, 7) is 0.0536. The van der Waals surface area contributed by atoms with Crippen LogP contribution in [-0.2, 0) is 0 Å². The van der Waals surface area contributed by atoms with Gasteiger partial charge in [-0.2, -0.15) is 9.38 Å². The van der Waals surface area contributed by atoms with Crippen LogP contribution >= 0.6 is 0 Å². The van der Waals surface area contributed by atoms with Crippen LogP contribution in [0.4, 0.5) is 11.6 Å². The zero-order chi connectivity index (χ0) is 14.3. The molecule has 0 unspecified atom stereocenters. The van der Waals surface area contributed by atoms with E-state index in [0.29, 0.717) is 12.1 Å². The van der Waals surface area contributed by atoms with Crippen LogP contribution in [0.5, 0.6) is 0 Å². The van der Waals surface area contributed by atoms with Gasteiger partial charge < -0.3 is 25.2 Å². The molecule has 2 aromatic rings. The fourth-order valence-corrected chi connectivity index (χ4v) is 2.66. The number of pyridine rings is 1. The van der Waals surface area contributed by atoms with E-state index in [1.807, 2.05) is 0 Å². The lowest BCUT2D eigenvalue weighted by Gasteiger charge is -2.21. The maximum absolute atomic E-state index is 11.3. The first-order valence-electron chi connectivity index (χ1n) is 6.29. The molecule has 20 heavy (non-hydrogen) atoms. The molecule has 8 nitrogen and oxygen atoms in total. The van der Waals surface area contributed by atoms with Gasteiger partial charge in [0.05, 0.1) is 24.9 Å². The molecule has 1 saturated heterocycles. The van der Waals surface area contributed by atoms with Gasteiger partial charge in [0.15, 0.2) is 0 Å². The van der Waals surface area contributed by atoms with Crippen LogP contribution < -0.4 is 4.90 Å². The average Bonchev–Trinajstić information content (AvgIpc) is 2.98. The summed E-state index contributed by atoms with van der Waals surface area (Å²) in [7, 11) is 0. The molecule has 0 aromatic carbocycles. The summed E-state index contributed by atoms with van der Waals surface area (Å²) in [5, 5.41) is 30.4. The number of imidazole rings is 1. The minimum atomic E-state index is -0.614. The number of aliphatic hydroxyl groups is 2. The fraction of sp³-hybridized carbons (Fsp3) is 0.417. The smallest absolute Gasteiger partial charge is 0.372 e. The lowest BCUT2D eigenvalue weighted by atomic mass is 10.2. The standard InChI is InChI=1S/C12H14N4O4/c17-7-8-5-9(18)6-15(8)11-12(16(19)20)14-4-2-1-3-10(14)13-11/h1-4,8-9,17-18H,5-7H2/t8-,9+/m1/s1. The van der Waals surface area contributed by atoms with Crippen molar-refractivity contribution >= 4 is 17.3 Å². The van der Waals surface area contributed by atoms with Crippen molar-refractivity contribution in [2.45, 2.75) is 18.6 Å². The molecule has 2 atom stereocenters. The van der Waals surface area contributed by atoms with Gasteiger partial charge in [0, 0.05) is 12.6 Å². The van der Waals surface area contributed by atoms with Gasteiger partial charge in [-0.05, 0) is 17.4 Å². The third-order valence-corrected chi connectivity index (χ3v) is 3.54. The number of rotatable bonds is 3.